The number of amides is 2. The predicted molar refractivity (Wildman–Crippen MR) is 138 cm³/mol. The van der Waals surface area contributed by atoms with Crippen LogP contribution in [-0.4, -0.2) is 59.1 Å². The Hall–Kier alpha value is -4.26. The van der Waals surface area contributed by atoms with Crippen molar-refractivity contribution in [3.8, 4) is 11.8 Å². The van der Waals surface area contributed by atoms with Crippen molar-refractivity contribution in [2.24, 2.45) is 0 Å². The smallest absolute Gasteiger partial charge is 0.248 e. The second-order valence-corrected chi connectivity index (χ2v) is 8.95. The molecule has 37 heavy (non-hydrogen) atoms. The maximum absolute atomic E-state index is 13.3. The minimum absolute atomic E-state index is 0.122. The number of benzene rings is 2. The number of nitrogens with one attached hydrogen (secondary N) is 2. The fourth-order valence-corrected chi connectivity index (χ4v) is 4.04. The van der Waals surface area contributed by atoms with Gasteiger partial charge in [-0.1, -0.05) is 49.4 Å². The average Bonchev–Trinajstić information content (AvgIpc) is 2.91. The molecule has 1 fully saturated rings. The highest BCUT2D eigenvalue weighted by molar-refractivity contribution is 5.94. The third kappa shape index (κ3) is 6.70. The molecule has 2 atom stereocenters. The highest BCUT2D eigenvalue weighted by Crippen LogP contribution is 2.21. The zero-order valence-electron chi connectivity index (χ0n) is 20.5. The minimum Gasteiger partial charge on any atom is -0.485 e. The van der Waals surface area contributed by atoms with E-state index in [4.69, 9.17) is 15.1 Å². The fraction of sp³-hybridized carbons (Fsp3) is 0.286. The highest BCUT2D eigenvalue weighted by atomic mass is 16.5. The predicted octanol–water partition coefficient (Wildman–Crippen LogP) is 2.61. The fourth-order valence-electron chi connectivity index (χ4n) is 4.04. The Morgan fingerprint density at radius 3 is 2.46 bits per heavy atom. The van der Waals surface area contributed by atoms with Gasteiger partial charge in [0.2, 0.25) is 11.8 Å². The molecule has 0 spiro atoms. The van der Waals surface area contributed by atoms with E-state index < -0.39 is 12.6 Å². The molecule has 0 bridgehead atoms. The van der Waals surface area contributed by atoms with Gasteiger partial charge in [-0.15, -0.1) is 0 Å². The lowest BCUT2D eigenvalue weighted by Crippen LogP contribution is -2.56. The van der Waals surface area contributed by atoms with Crippen LogP contribution in [0.1, 0.15) is 35.6 Å². The number of aromatic nitrogens is 1. The summed E-state index contributed by atoms with van der Waals surface area (Å²) in [4.78, 5) is 30.5. The number of carbonyl (C=O) groups excluding carboxylic acids is 2. The molecule has 2 aromatic carbocycles. The number of nitriles is 1. The molecule has 2 amide bonds. The molecule has 9 heteroatoms. The lowest BCUT2D eigenvalue weighted by molar-refractivity contribution is -0.143. The molecule has 0 saturated carbocycles. The largest absolute Gasteiger partial charge is 0.485 e. The maximum atomic E-state index is 13.3. The van der Waals surface area contributed by atoms with Gasteiger partial charge in [-0.05, 0) is 41.3 Å². The zero-order valence-corrected chi connectivity index (χ0v) is 20.5. The van der Waals surface area contributed by atoms with Gasteiger partial charge < -0.3 is 25.4 Å². The van der Waals surface area contributed by atoms with Gasteiger partial charge in [0, 0.05) is 6.54 Å². The van der Waals surface area contributed by atoms with Crippen LogP contribution >= 0.6 is 0 Å². The van der Waals surface area contributed by atoms with Crippen LogP contribution in [0.4, 0.5) is 5.82 Å². The molecule has 3 aromatic rings. The molecule has 0 unspecified atom stereocenters. The Morgan fingerprint density at radius 2 is 1.84 bits per heavy atom. The summed E-state index contributed by atoms with van der Waals surface area (Å²) in [5, 5.41) is 24.2. The first-order chi connectivity index (χ1) is 18.0. The number of anilines is 1. The Morgan fingerprint density at radius 1 is 1.11 bits per heavy atom. The van der Waals surface area contributed by atoms with Crippen molar-refractivity contribution in [3.63, 3.8) is 0 Å². The third-order valence-corrected chi connectivity index (χ3v) is 6.26. The normalized spacial score (nSPS) is 14.7. The number of ether oxygens (including phenoxy) is 1. The number of carbonyl (C=O) groups is 2. The Bertz CT molecular complexity index is 1240. The quantitative estimate of drug-likeness (QED) is 0.391. The first kappa shape index (κ1) is 25.8. The first-order valence-electron chi connectivity index (χ1n) is 12.1. The lowest BCUT2D eigenvalue weighted by atomic mass is 9.98. The van der Waals surface area contributed by atoms with Gasteiger partial charge in [-0.2, -0.15) is 5.26 Å². The molecule has 1 aromatic heterocycles. The van der Waals surface area contributed by atoms with Crippen molar-refractivity contribution in [1.29, 1.82) is 5.26 Å². The van der Waals surface area contributed by atoms with E-state index in [-0.39, 0.29) is 23.8 Å². The second-order valence-electron chi connectivity index (χ2n) is 8.95. The van der Waals surface area contributed by atoms with E-state index in [1.165, 1.54) is 11.1 Å². The van der Waals surface area contributed by atoms with Crippen molar-refractivity contribution >= 4 is 17.6 Å². The van der Waals surface area contributed by atoms with Gasteiger partial charge in [-0.25, -0.2) is 4.98 Å². The lowest BCUT2D eigenvalue weighted by Gasteiger charge is -2.38. The second kappa shape index (κ2) is 12.1. The average molecular weight is 500 g/mol. The topological polar surface area (TPSA) is 128 Å². The zero-order chi connectivity index (χ0) is 26.2. The number of aliphatic hydroxyl groups is 1. The van der Waals surface area contributed by atoms with Crippen molar-refractivity contribution in [1.82, 2.24) is 15.2 Å². The van der Waals surface area contributed by atoms with Crippen LogP contribution in [-0.2, 0) is 9.59 Å². The molecule has 2 heterocycles. The van der Waals surface area contributed by atoms with E-state index in [9.17, 15) is 9.59 Å². The molecule has 1 aliphatic heterocycles. The first-order valence-corrected chi connectivity index (χ1v) is 12.1. The Balaban J connectivity index is 1.36. The summed E-state index contributed by atoms with van der Waals surface area (Å²) in [6.45, 7) is 2.95. The molecule has 1 saturated heterocycles. The molecule has 0 radical (unpaired) electrons. The third-order valence-electron chi connectivity index (χ3n) is 6.26. The maximum Gasteiger partial charge on any atom is 0.248 e. The van der Waals surface area contributed by atoms with E-state index in [0.717, 1.165) is 11.1 Å². The molecule has 3 N–H and O–H groups in total. The van der Waals surface area contributed by atoms with Crippen LogP contribution < -0.4 is 15.4 Å². The summed E-state index contributed by atoms with van der Waals surface area (Å²) >= 11 is 0. The molecule has 1 aliphatic rings. The van der Waals surface area contributed by atoms with Gasteiger partial charge >= 0.3 is 0 Å². The van der Waals surface area contributed by atoms with E-state index in [0.29, 0.717) is 36.8 Å². The molecule has 9 nitrogen and oxygen atoms in total. The Labute approximate surface area is 215 Å². The van der Waals surface area contributed by atoms with Crippen molar-refractivity contribution in [2.75, 3.05) is 31.6 Å². The van der Waals surface area contributed by atoms with E-state index in [1.54, 1.807) is 24.3 Å². The molecule has 190 valence electrons. The number of nitrogens with zero attached hydrogens (tertiary/aromatic N) is 3. The highest BCUT2D eigenvalue weighted by Gasteiger charge is 2.31. The van der Waals surface area contributed by atoms with Gasteiger partial charge in [-0.3, -0.25) is 9.59 Å². The van der Waals surface area contributed by atoms with Crippen LogP contribution in [0.3, 0.4) is 0 Å². The number of aliphatic hydroxyl groups excluding tert-OH is 1. The van der Waals surface area contributed by atoms with Crippen LogP contribution in [0.15, 0.2) is 72.9 Å². The van der Waals surface area contributed by atoms with Crippen LogP contribution in [0.2, 0.25) is 0 Å². The number of rotatable bonds is 10. The number of hydrogen-bond donors (Lipinski definition) is 3. The van der Waals surface area contributed by atoms with Crippen molar-refractivity contribution < 1.29 is 19.4 Å². The van der Waals surface area contributed by atoms with Gasteiger partial charge in [0.05, 0.1) is 30.9 Å². The summed E-state index contributed by atoms with van der Waals surface area (Å²) in [7, 11) is 0. The number of likely N-dealkylation sites (tertiary alicyclic amines) is 1. The van der Waals surface area contributed by atoms with Gasteiger partial charge in [0.1, 0.15) is 30.3 Å². The van der Waals surface area contributed by atoms with Crippen LogP contribution in [0, 0.1) is 11.3 Å². The minimum atomic E-state index is -0.593. The molecule has 4 rings (SSSR count). The summed E-state index contributed by atoms with van der Waals surface area (Å²) in [6, 6.07) is 21.9. The van der Waals surface area contributed by atoms with Crippen molar-refractivity contribution in [3.05, 3.63) is 89.6 Å². The molecule has 0 aliphatic carbocycles. The van der Waals surface area contributed by atoms with E-state index >= 15 is 0 Å². The van der Waals surface area contributed by atoms with Crippen LogP contribution in [0.5, 0.6) is 5.75 Å². The van der Waals surface area contributed by atoms with Crippen LogP contribution in [0.25, 0.3) is 0 Å². The summed E-state index contributed by atoms with van der Waals surface area (Å²) in [6.07, 6.45) is 1.38. The molecular weight excluding hydrogens is 470 g/mol. The standard InChI is InChI=1S/C28H29N5O4/c1-19(21-9-7-20(13-29)8-10-21)14-31-27(22-5-3-2-4-6-22)28(36)32-25-12-11-23(15-30-25)37-24-16-33(17-24)26(35)18-34/h2-12,15,19,24,27,31,34H,14,16-18H2,1H3,(H,30,32,36)/t19-,27-/m1/s1. The number of hydrogen-bond acceptors (Lipinski definition) is 7. The summed E-state index contributed by atoms with van der Waals surface area (Å²) < 4.78 is 5.79. The summed E-state index contributed by atoms with van der Waals surface area (Å²) in [5.74, 6) is 0.496. The molecular formula is C28H29N5O4. The number of pyridine rings is 1. The SMILES string of the molecule is C[C@H](CN[C@@H](C(=O)Nc1ccc(OC2CN(C(=O)CO)C2)cn1)c1ccccc1)c1ccc(C#N)cc1. The van der Waals surface area contributed by atoms with E-state index in [1.807, 2.05) is 42.5 Å². The Kier molecular flexibility index (Phi) is 8.46. The monoisotopic (exact) mass is 499 g/mol. The van der Waals surface area contributed by atoms with E-state index in [2.05, 4.69) is 28.6 Å². The van der Waals surface area contributed by atoms with Gasteiger partial charge in [0.25, 0.3) is 0 Å². The summed E-state index contributed by atoms with van der Waals surface area (Å²) in [5.41, 5.74) is 2.52. The van der Waals surface area contributed by atoms with Crippen molar-refractivity contribution in [2.45, 2.75) is 25.0 Å². The van der Waals surface area contributed by atoms with Gasteiger partial charge in [0.15, 0.2) is 0 Å².